The van der Waals surface area contributed by atoms with Crippen LogP contribution in [-0.2, 0) is 0 Å². The molecule has 2 aromatic rings. The van der Waals surface area contributed by atoms with E-state index in [0.717, 1.165) is 19.3 Å². The van der Waals surface area contributed by atoms with Gasteiger partial charge in [-0.05, 0) is 17.7 Å². The standard InChI is InChI=1S/C20H20F3N7O3/c1-27(33)18(31)17-15(23)11-24-19(26-17)28-4-6-29(7-5-28)20(32)30-16(2-3-25-30)12-8-13(21)10-14(22)9-12/h3,8-11,16,33H,2,4-7H2,1H3/t16-/m0/s1. The summed E-state index contributed by atoms with van der Waals surface area (Å²) in [5.74, 6) is -3.37. The molecule has 1 atom stereocenters. The van der Waals surface area contributed by atoms with Gasteiger partial charge < -0.3 is 9.80 Å². The first-order valence-electron chi connectivity index (χ1n) is 10.1. The fraction of sp³-hybridized carbons (Fsp3) is 0.350. The highest BCUT2D eigenvalue weighted by molar-refractivity contribution is 5.91. The van der Waals surface area contributed by atoms with Gasteiger partial charge in [0.2, 0.25) is 5.95 Å². The third kappa shape index (κ3) is 4.58. The number of hydrogen-bond donors (Lipinski definition) is 1. The van der Waals surface area contributed by atoms with Gasteiger partial charge in [-0.2, -0.15) is 5.10 Å². The summed E-state index contributed by atoms with van der Waals surface area (Å²) < 4.78 is 41.2. The lowest BCUT2D eigenvalue weighted by Gasteiger charge is -2.37. The van der Waals surface area contributed by atoms with E-state index in [1.807, 2.05) is 0 Å². The Morgan fingerprint density at radius 1 is 1.09 bits per heavy atom. The van der Waals surface area contributed by atoms with Crippen LogP contribution in [-0.4, -0.2) is 81.5 Å². The first kappa shape index (κ1) is 22.5. The number of carbonyl (C=O) groups is 2. The van der Waals surface area contributed by atoms with E-state index >= 15 is 0 Å². The molecule has 1 N–H and O–H groups in total. The van der Waals surface area contributed by atoms with Gasteiger partial charge in [-0.1, -0.05) is 0 Å². The Balaban J connectivity index is 1.44. The van der Waals surface area contributed by atoms with E-state index in [-0.39, 0.29) is 37.2 Å². The fourth-order valence-corrected chi connectivity index (χ4v) is 3.70. The summed E-state index contributed by atoms with van der Waals surface area (Å²) in [6.45, 7) is 1.07. The molecule has 1 aromatic carbocycles. The van der Waals surface area contributed by atoms with E-state index < -0.39 is 41.1 Å². The normalized spacial score (nSPS) is 18.1. The number of hydroxylamine groups is 2. The molecule has 4 rings (SSSR count). The molecule has 2 aliphatic heterocycles. The van der Waals surface area contributed by atoms with Crippen LogP contribution in [0.3, 0.4) is 0 Å². The number of carbonyl (C=O) groups excluding carboxylic acids is 2. The highest BCUT2D eigenvalue weighted by Gasteiger charge is 2.34. The molecule has 3 heterocycles. The average Bonchev–Trinajstić information content (AvgIpc) is 3.28. The van der Waals surface area contributed by atoms with E-state index in [4.69, 9.17) is 0 Å². The van der Waals surface area contributed by atoms with Crippen molar-refractivity contribution in [3.05, 3.63) is 53.1 Å². The van der Waals surface area contributed by atoms with Crippen LogP contribution in [0.5, 0.6) is 0 Å². The van der Waals surface area contributed by atoms with Gasteiger partial charge in [-0.25, -0.2) is 38.0 Å². The van der Waals surface area contributed by atoms with Gasteiger partial charge in [0, 0.05) is 51.9 Å². The first-order chi connectivity index (χ1) is 15.7. The lowest BCUT2D eigenvalue weighted by atomic mass is 10.0. The first-order valence-corrected chi connectivity index (χ1v) is 10.1. The summed E-state index contributed by atoms with van der Waals surface area (Å²) in [6.07, 6.45) is 2.69. The quantitative estimate of drug-likeness (QED) is 0.552. The number of rotatable bonds is 3. The Labute approximate surface area is 186 Å². The van der Waals surface area contributed by atoms with Crippen molar-refractivity contribution >= 4 is 24.1 Å². The van der Waals surface area contributed by atoms with Crippen molar-refractivity contribution in [2.75, 3.05) is 38.1 Å². The van der Waals surface area contributed by atoms with Gasteiger partial charge in [0.1, 0.15) is 11.6 Å². The van der Waals surface area contributed by atoms with Crippen LogP contribution in [0.25, 0.3) is 0 Å². The maximum Gasteiger partial charge on any atom is 0.341 e. The number of hydrazone groups is 1. The molecule has 2 aliphatic rings. The monoisotopic (exact) mass is 463 g/mol. The van der Waals surface area contributed by atoms with Crippen molar-refractivity contribution in [3.63, 3.8) is 0 Å². The van der Waals surface area contributed by atoms with Crippen LogP contribution in [0.15, 0.2) is 29.5 Å². The molecule has 0 spiro atoms. The second-order valence-corrected chi connectivity index (χ2v) is 7.55. The molecule has 1 fully saturated rings. The molecule has 0 unspecified atom stereocenters. The Kier molecular flexibility index (Phi) is 6.14. The summed E-state index contributed by atoms with van der Waals surface area (Å²) in [4.78, 5) is 35.9. The molecule has 13 heteroatoms. The summed E-state index contributed by atoms with van der Waals surface area (Å²) >= 11 is 0. The lowest BCUT2D eigenvalue weighted by molar-refractivity contribution is -0.0383. The van der Waals surface area contributed by atoms with Crippen LogP contribution >= 0.6 is 0 Å². The van der Waals surface area contributed by atoms with Crippen LogP contribution in [0.4, 0.5) is 23.9 Å². The third-order valence-corrected chi connectivity index (χ3v) is 5.36. The topological polar surface area (TPSA) is 105 Å². The van der Waals surface area contributed by atoms with Gasteiger partial charge >= 0.3 is 6.03 Å². The zero-order valence-electron chi connectivity index (χ0n) is 17.5. The zero-order chi connectivity index (χ0) is 23.7. The van der Waals surface area contributed by atoms with E-state index in [1.54, 1.807) is 4.90 Å². The van der Waals surface area contributed by atoms with E-state index in [1.165, 1.54) is 28.3 Å². The molecule has 0 saturated carbocycles. The molecular weight excluding hydrogens is 443 g/mol. The summed E-state index contributed by atoms with van der Waals surface area (Å²) in [6, 6.07) is 2.07. The van der Waals surface area contributed by atoms with Crippen LogP contribution in [0, 0.1) is 17.5 Å². The van der Waals surface area contributed by atoms with Crippen molar-refractivity contribution in [2.45, 2.75) is 12.5 Å². The molecular formula is C20H20F3N7O3. The lowest BCUT2D eigenvalue weighted by Crippen LogP contribution is -2.52. The largest absolute Gasteiger partial charge is 0.341 e. The minimum Gasteiger partial charge on any atom is -0.337 e. The molecule has 0 radical (unpaired) electrons. The van der Waals surface area contributed by atoms with E-state index in [0.29, 0.717) is 12.0 Å². The number of aromatic nitrogens is 2. The highest BCUT2D eigenvalue weighted by atomic mass is 19.1. The van der Waals surface area contributed by atoms with Gasteiger partial charge in [-0.15, -0.1) is 0 Å². The molecule has 0 aliphatic carbocycles. The number of amides is 3. The number of urea groups is 1. The van der Waals surface area contributed by atoms with E-state index in [9.17, 15) is 28.0 Å². The Bertz CT molecular complexity index is 1090. The van der Waals surface area contributed by atoms with Crippen LogP contribution < -0.4 is 4.90 Å². The maximum atomic E-state index is 13.9. The second-order valence-electron chi connectivity index (χ2n) is 7.55. The number of hydrogen-bond acceptors (Lipinski definition) is 7. The van der Waals surface area contributed by atoms with Gasteiger partial charge in [0.05, 0.1) is 12.2 Å². The average molecular weight is 463 g/mol. The minimum absolute atomic E-state index is 0.0843. The number of nitrogens with zero attached hydrogens (tertiary/aromatic N) is 7. The molecule has 1 aromatic heterocycles. The SMILES string of the molecule is CN(O)C(=O)c1nc(N2CCN(C(=O)N3N=CC[C@H]3c3cc(F)cc(F)c3)CC2)ncc1F. The van der Waals surface area contributed by atoms with Crippen molar-refractivity contribution in [2.24, 2.45) is 5.10 Å². The summed E-state index contributed by atoms with van der Waals surface area (Å²) in [7, 11) is 1.06. The fourth-order valence-electron chi connectivity index (χ4n) is 3.70. The highest BCUT2D eigenvalue weighted by Crippen LogP contribution is 2.30. The number of benzene rings is 1. The number of halogens is 3. The smallest absolute Gasteiger partial charge is 0.337 e. The molecule has 10 nitrogen and oxygen atoms in total. The Morgan fingerprint density at radius 3 is 2.39 bits per heavy atom. The molecule has 174 valence electrons. The van der Waals surface area contributed by atoms with E-state index in [2.05, 4.69) is 15.1 Å². The minimum atomic E-state index is -1.02. The Morgan fingerprint density at radius 2 is 1.76 bits per heavy atom. The van der Waals surface area contributed by atoms with Gasteiger partial charge in [0.25, 0.3) is 5.91 Å². The van der Waals surface area contributed by atoms with Crippen molar-refractivity contribution in [1.82, 2.24) is 24.9 Å². The number of piperazine rings is 1. The Hall–Kier alpha value is -3.74. The van der Waals surface area contributed by atoms with Crippen molar-refractivity contribution < 1.29 is 28.0 Å². The predicted octanol–water partition coefficient (Wildman–Crippen LogP) is 2.03. The summed E-state index contributed by atoms with van der Waals surface area (Å²) in [5, 5.41) is 14.8. The number of anilines is 1. The predicted molar refractivity (Wildman–Crippen MR) is 109 cm³/mol. The molecule has 3 amide bonds. The van der Waals surface area contributed by atoms with Gasteiger partial charge in [-0.3, -0.25) is 10.0 Å². The molecule has 0 bridgehead atoms. The van der Waals surface area contributed by atoms with Crippen molar-refractivity contribution in [1.29, 1.82) is 0 Å². The van der Waals surface area contributed by atoms with Gasteiger partial charge in [0.15, 0.2) is 11.5 Å². The molecule has 1 saturated heterocycles. The zero-order valence-corrected chi connectivity index (χ0v) is 17.5. The third-order valence-electron chi connectivity index (χ3n) is 5.36. The maximum absolute atomic E-state index is 13.9. The summed E-state index contributed by atoms with van der Waals surface area (Å²) in [5.41, 5.74) is -0.261. The second kappa shape index (κ2) is 9.02. The van der Waals surface area contributed by atoms with Crippen LogP contribution in [0.1, 0.15) is 28.5 Å². The molecule has 33 heavy (non-hydrogen) atoms. The van der Waals surface area contributed by atoms with Crippen LogP contribution in [0.2, 0.25) is 0 Å². The van der Waals surface area contributed by atoms with Crippen molar-refractivity contribution in [3.8, 4) is 0 Å².